The minimum absolute atomic E-state index is 0.100. The zero-order chi connectivity index (χ0) is 13.1. The number of aromatic nitrogens is 2. The molecule has 0 aliphatic heterocycles. The van der Waals surface area contributed by atoms with E-state index in [0.717, 1.165) is 6.20 Å². The summed E-state index contributed by atoms with van der Waals surface area (Å²) in [6.07, 6.45) is 2.24. The highest BCUT2D eigenvalue weighted by molar-refractivity contribution is 5.84. The number of carboxylic acid groups (broad SMARTS) is 1. The molecule has 0 aliphatic carbocycles. The SMILES string of the molecule is Cc1ccc(Oc2cnc(C(=O)O)cn2)cc1F. The molecule has 0 saturated heterocycles. The van der Waals surface area contributed by atoms with Crippen LogP contribution in [0.4, 0.5) is 4.39 Å². The first-order chi connectivity index (χ1) is 8.56. The molecule has 92 valence electrons. The van der Waals surface area contributed by atoms with Gasteiger partial charge in [-0.15, -0.1) is 0 Å². The van der Waals surface area contributed by atoms with Gasteiger partial charge in [0.15, 0.2) is 5.69 Å². The Bertz CT molecular complexity index is 584. The van der Waals surface area contributed by atoms with Gasteiger partial charge < -0.3 is 9.84 Å². The van der Waals surface area contributed by atoms with Gasteiger partial charge in [-0.2, -0.15) is 0 Å². The van der Waals surface area contributed by atoms with Gasteiger partial charge in [-0.05, 0) is 18.6 Å². The Balaban J connectivity index is 2.18. The van der Waals surface area contributed by atoms with E-state index in [2.05, 4.69) is 9.97 Å². The molecule has 1 aromatic carbocycles. The van der Waals surface area contributed by atoms with E-state index in [1.54, 1.807) is 19.1 Å². The van der Waals surface area contributed by atoms with Crippen LogP contribution in [0.3, 0.4) is 0 Å². The minimum Gasteiger partial charge on any atom is -0.476 e. The lowest BCUT2D eigenvalue weighted by molar-refractivity contribution is 0.0690. The van der Waals surface area contributed by atoms with Crippen molar-refractivity contribution in [1.82, 2.24) is 9.97 Å². The van der Waals surface area contributed by atoms with Crippen molar-refractivity contribution in [3.05, 3.63) is 47.7 Å². The molecule has 1 aromatic heterocycles. The number of hydrogen-bond donors (Lipinski definition) is 1. The van der Waals surface area contributed by atoms with Crippen molar-refractivity contribution < 1.29 is 19.0 Å². The summed E-state index contributed by atoms with van der Waals surface area (Å²) in [5, 5.41) is 8.64. The van der Waals surface area contributed by atoms with E-state index in [4.69, 9.17) is 9.84 Å². The first kappa shape index (κ1) is 12.0. The second kappa shape index (κ2) is 4.79. The summed E-state index contributed by atoms with van der Waals surface area (Å²) in [5.74, 6) is -1.18. The summed E-state index contributed by atoms with van der Waals surface area (Å²) in [6, 6.07) is 4.39. The zero-order valence-corrected chi connectivity index (χ0v) is 9.42. The fourth-order valence-corrected chi connectivity index (χ4v) is 1.24. The third-order valence-electron chi connectivity index (χ3n) is 2.21. The van der Waals surface area contributed by atoms with Gasteiger partial charge in [0, 0.05) is 6.07 Å². The molecule has 0 unspecified atom stereocenters. The zero-order valence-electron chi connectivity index (χ0n) is 9.42. The highest BCUT2D eigenvalue weighted by Crippen LogP contribution is 2.21. The Morgan fingerprint density at radius 1 is 1.33 bits per heavy atom. The summed E-state index contributed by atoms with van der Waals surface area (Å²) in [4.78, 5) is 18.0. The van der Waals surface area contributed by atoms with Crippen LogP contribution in [0.15, 0.2) is 30.6 Å². The Morgan fingerprint density at radius 2 is 2.11 bits per heavy atom. The van der Waals surface area contributed by atoms with Gasteiger partial charge in [0.2, 0.25) is 5.88 Å². The molecule has 0 spiro atoms. The molecule has 5 nitrogen and oxygen atoms in total. The Hall–Kier alpha value is -2.50. The molecular weight excluding hydrogens is 239 g/mol. The lowest BCUT2D eigenvalue weighted by Crippen LogP contribution is -2.01. The fourth-order valence-electron chi connectivity index (χ4n) is 1.24. The number of aromatic carboxylic acids is 1. The largest absolute Gasteiger partial charge is 0.476 e. The van der Waals surface area contributed by atoms with Gasteiger partial charge in [0.05, 0.1) is 12.4 Å². The molecule has 0 bridgehead atoms. The maximum absolute atomic E-state index is 13.3. The van der Waals surface area contributed by atoms with Crippen molar-refractivity contribution in [2.24, 2.45) is 0 Å². The predicted molar refractivity (Wildman–Crippen MR) is 60.2 cm³/mol. The Kier molecular flexibility index (Phi) is 3.18. The van der Waals surface area contributed by atoms with Crippen LogP contribution >= 0.6 is 0 Å². The van der Waals surface area contributed by atoms with Crippen LogP contribution in [0, 0.1) is 12.7 Å². The maximum atomic E-state index is 13.3. The molecule has 1 N–H and O–H groups in total. The van der Waals surface area contributed by atoms with Crippen LogP contribution in [0.25, 0.3) is 0 Å². The van der Waals surface area contributed by atoms with Gasteiger partial charge in [-0.25, -0.2) is 19.2 Å². The van der Waals surface area contributed by atoms with Crippen molar-refractivity contribution in [2.45, 2.75) is 6.92 Å². The highest BCUT2D eigenvalue weighted by Gasteiger charge is 2.07. The smallest absolute Gasteiger partial charge is 0.356 e. The second-order valence-corrected chi connectivity index (χ2v) is 3.56. The van der Waals surface area contributed by atoms with E-state index >= 15 is 0 Å². The number of carbonyl (C=O) groups is 1. The first-order valence-corrected chi connectivity index (χ1v) is 5.05. The monoisotopic (exact) mass is 248 g/mol. The number of hydrogen-bond acceptors (Lipinski definition) is 4. The number of benzene rings is 1. The van der Waals surface area contributed by atoms with E-state index in [9.17, 15) is 9.18 Å². The number of carboxylic acids is 1. The second-order valence-electron chi connectivity index (χ2n) is 3.56. The maximum Gasteiger partial charge on any atom is 0.356 e. The molecule has 0 amide bonds. The summed E-state index contributed by atoms with van der Waals surface area (Å²) in [7, 11) is 0. The average molecular weight is 248 g/mol. The molecule has 2 rings (SSSR count). The topological polar surface area (TPSA) is 72.3 Å². The number of aryl methyl sites for hydroxylation is 1. The summed E-state index contributed by atoms with van der Waals surface area (Å²) < 4.78 is 18.5. The lowest BCUT2D eigenvalue weighted by atomic mass is 10.2. The van der Waals surface area contributed by atoms with E-state index < -0.39 is 5.97 Å². The average Bonchev–Trinajstić information content (AvgIpc) is 2.34. The van der Waals surface area contributed by atoms with Crippen LogP contribution in [0.1, 0.15) is 16.1 Å². The van der Waals surface area contributed by atoms with Gasteiger partial charge in [-0.1, -0.05) is 6.07 Å². The van der Waals surface area contributed by atoms with E-state index in [1.807, 2.05) is 0 Å². The number of nitrogens with zero attached hydrogens (tertiary/aromatic N) is 2. The summed E-state index contributed by atoms with van der Waals surface area (Å²) >= 11 is 0. The van der Waals surface area contributed by atoms with Crippen LogP contribution < -0.4 is 4.74 Å². The van der Waals surface area contributed by atoms with E-state index in [-0.39, 0.29) is 23.1 Å². The van der Waals surface area contributed by atoms with Crippen LogP contribution in [0.5, 0.6) is 11.6 Å². The molecule has 0 atom stereocenters. The van der Waals surface area contributed by atoms with Crippen molar-refractivity contribution in [1.29, 1.82) is 0 Å². The van der Waals surface area contributed by atoms with E-state index in [0.29, 0.717) is 5.56 Å². The summed E-state index contributed by atoms with van der Waals surface area (Å²) in [5.41, 5.74) is 0.326. The Morgan fingerprint density at radius 3 is 2.67 bits per heavy atom. The number of rotatable bonds is 3. The van der Waals surface area contributed by atoms with Crippen LogP contribution in [-0.2, 0) is 0 Å². The lowest BCUT2D eigenvalue weighted by Gasteiger charge is -2.05. The minimum atomic E-state index is -1.17. The number of halogens is 1. The van der Waals surface area contributed by atoms with Crippen molar-refractivity contribution in [3.63, 3.8) is 0 Å². The van der Waals surface area contributed by atoms with Gasteiger partial charge >= 0.3 is 5.97 Å². The quantitative estimate of drug-likeness (QED) is 0.902. The number of ether oxygens (including phenoxy) is 1. The van der Waals surface area contributed by atoms with Crippen molar-refractivity contribution in [3.8, 4) is 11.6 Å². The van der Waals surface area contributed by atoms with Gasteiger partial charge in [0.25, 0.3) is 0 Å². The highest BCUT2D eigenvalue weighted by atomic mass is 19.1. The Labute approximate surface area is 102 Å². The van der Waals surface area contributed by atoms with Gasteiger partial charge in [-0.3, -0.25) is 0 Å². The van der Waals surface area contributed by atoms with Crippen LogP contribution in [-0.4, -0.2) is 21.0 Å². The fraction of sp³-hybridized carbons (Fsp3) is 0.0833. The third kappa shape index (κ3) is 2.60. The molecule has 0 aliphatic rings. The molecule has 1 heterocycles. The normalized spacial score (nSPS) is 10.1. The molecule has 6 heteroatoms. The third-order valence-corrected chi connectivity index (χ3v) is 2.21. The molecular formula is C12H9FN2O3. The van der Waals surface area contributed by atoms with Gasteiger partial charge in [0.1, 0.15) is 11.6 Å². The molecule has 0 saturated carbocycles. The molecule has 0 radical (unpaired) electrons. The summed E-state index contributed by atoms with van der Waals surface area (Å²) in [6.45, 7) is 1.64. The van der Waals surface area contributed by atoms with Crippen molar-refractivity contribution in [2.75, 3.05) is 0 Å². The van der Waals surface area contributed by atoms with Crippen LogP contribution in [0.2, 0.25) is 0 Å². The standard InChI is InChI=1S/C12H9FN2O3/c1-7-2-3-8(4-9(7)13)18-11-6-14-10(5-15-11)12(16)17/h2-6H,1H3,(H,16,17). The van der Waals surface area contributed by atoms with Crippen molar-refractivity contribution >= 4 is 5.97 Å². The molecule has 0 fully saturated rings. The molecule has 18 heavy (non-hydrogen) atoms. The first-order valence-electron chi connectivity index (χ1n) is 5.05. The predicted octanol–water partition coefficient (Wildman–Crippen LogP) is 2.41. The molecule has 2 aromatic rings. The van der Waals surface area contributed by atoms with E-state index in [1.165, 1.54) is 12.3 Å².